The molecule has 0 radical (unpaired) electrons. The zero-order valence-electron chi connectivity index (χ0n) is 6.95. The van der Waals surface area contributed by atoms with E-state index < -0.39 is 0 Å². The second-order valence-electron chi connectivity index (χ2n) is 3.93. The Bertz CT molecular complexity index is 74.1. The van der Waals surface area contributed by atoms with Crippen molar-refractivity contribution in [2.75, 3.05) is 0 Å². The fourth-order valence-corrected chi connectivity index (χ4v) is 3.76. The first kappa shape index (κ1) is 9.78. The van der Waals surface area contributed by atoms with E-state index >= 15 is 0 Å². The maximum absolute atomic E-state index is 4.46. The number of thiol groups is 1. The van der Waals surface area contributed by atoms with Crippen LogP contribution in [0.15, 0.2) is 0 Å². The Balaban J connectivity index is 3.75. The van der Waals surface area contributed by atoms with E-state index in [2.05, 4.69) is 47.2 Å². The van der Waals surface area contributed by atoms with Crippen molar-refractivity contribution in [1.82, 2.24) is 0 Å². The summed E-state index contributed by atoms with van der Waals surface area (Å²) in [5, 5.41) is 0.436. The predicted octanol–water partition coefficient (Wildman–Crippen LogP) is 3.13. The molecule has 0 nitrogen and oxygen atoms in total. The SMILES string of the molecule is CC(C)(C)PC(C)(C)S. The molecule has 0 aliphatic heterocycles. The zero-order chi connectivity index (χ0) is 7.71. The van der Waals surface area contributed by atoms with Crippen molar-refractivity contribution >= 4 is 21.2 Å². The third-order valence-electron chi connectivity index (χ3n) is 0.681. The van der Waals surface area contributed by atoms with E-state index in [1.165, 1.54) is 0 Å². The van der Waals surface area contributed by atoms with Crippen LogP contribution in [0.2, 0.25) is 0 Å². The van der Waals surface area contributed by atoms with Crippen LogP contribution >= 0.6 is 21.2 Å². The van der Waals surface area contributed by atoms with Gasteiger partial charge in [-0.15, -0.1) is 8.58 Å². The molecular weight excluding hydrogens is 147 g/mol. The first-order valence-corrected chi connectivity index (χ1v) is 4.67. The van der Waals surface area contributed by atoms with Crippen molar-refractivity contribution in [3.63, 3.8) is 0 Å². The largest absolute Gasteiger partial charge is 0.169 e. The average molecular weight is 164 g/mol. The van der Waals surface area contributed by atoms with E-state index in [0.717, 1.165) is 8.58 Å². The molecule has 0 aliphatic rings. The summed E-state index contributed by atoms with van der Waals surface area (Å²) in [6.45, 7) is 11.1. The molecule has 1 atom stereocenters. The van der Waals surface area contributed by atoms with Crippen LogP contribution < -0.4 is 0 Å². The molecule has 0 N–H and O–H groups in total. The maximum atomic E-state index is 4.46. The predicted molar refractivity (Wildman–Crippen MR) is 51.1 cm³/mol. The Kier molecular flexibility index (Phi) is 3.04. The third-order valence-corrected chi connectivity index (χ3v) is 2.38. The molecule has 0 aromatic rings. The van der Waals surface area contributed by atoms with Gasteiger partial charge in [-0.2, -0.15) is 12.6 Å². The van der Waals surface area contributed by atoms with Gasteiger partial charge in [-0.05, 0) is 19.0 Å². The lowest BCUT2D eigenvalue weighted by Crippen LogP contribution is -2.14. The summed E-state index contributed by atoms with van der Waals surface area (Å²) in [7, 11) is 0.915. The van der Waals surface area contributed by atoms with Crippen LogP contribution in [0.1, 0.15) is 34.6 Å². The molecule has 0 fully saturated rings. The highest BCUT2D eigenvalue weighted by atomic mass is 32.1. The van der Waals surface area contributed by atoms with Gasteiger partial charge in [0.1, 0.15) is 0 Å². The number of hydrogen-bond acceptors (Lipinski definition) is 1. The van der Waals surface area contributed by atoms with Crippen molar-refractivity contribution in [3.05, 3.63) is 0 Å². The summed E-state index contributed by atoms with van der Waals surface area (Å²) in [5.74, 6) is 0. The van der Waals surface area contributed by atoms with E-state index in [1.807, 2.05) is 0 Å². The molecule has 2 heteroatoms. The normalized spacial score (nSPS) is 15.3. The van der Waals surface area contributed by atoms with Gasteiger partial charge in [-0.3, -0.25) is 0 Å². The van der Waals surface area contributed by atoms with Crippen LogP contribution in [0.3, 0.4) is 0 Å². The minimum atomic E-state index is 0.207. The second kappa shape index (κ2) is 2.80. The van der Waals surface area contributed by atoms with E-state index in [1.54, 1.807) is 0 Å². The van der Waals surface area contributed by atoms with Crippen LogP contribution in [0.5, 0.6) is 0 Å². The lowest BCUT2D eigenvalue weighted by Gasteiger charge is -2.28. The summed E-state index contributed by atoms with van der Waals surface area (Å²) in [5.41, 5.74) is 0. The topological polar surface area (TPSA) is 0 Å². The lowest BCUT2D eigenvalue weighted by molar-refractivity contribution is 0.778. The Labute approximate surface area is 66.0 Å². The quantitative estimate of drug-likeness (QED) is 0.446. The summed E-state index contributed by atoms with van der Waals surface area (Å²) < 4.78 is 0.207. The minimum Gasteiger partial charge on any atom is -0.169 e. The second-order valence-corrected chi connectivity index (χ2v) is 8.47. The molecular formula is C7H17PS. The molecule has 0 saturated heterocycles. The van der Waals surface area contributed by atoms with E-state index in [-0.39, 0.29) is 4.49 Å². The van der Waals surface area contributed by atoms with Crippen molar-refractivity contribution in [1.29, 1.82) is 0 Å². The van der Waals surface area contributed by atoms with Gasteiger partial charge in [0.2, 0.25) is 0 Å². The van der Waals surface area contributed by atoms with Gasteiger partial charge in [0.15, 0.2) is 0 Å². The van der Waals surface area contributed by atoms with Crippen LogP contribution in [0.25, 0.3) is 0 Å². The minimum absolute atomic E-state index is 0.207. The van der Waals surface area contributed by atoms with Gasteiger partial charge in [0.25, 0.3) is 0 Å². The highest BCUT2D eigenvalue weighted by Gasteiger charge is 2.20. The van der Waals surface area contributed by atoms with Gasteiger partial charge in [0, 0.05) is 4.49 Å². The van der Waals surface area contributed by atoms with Gasteiger partial charge >= 0.3 is 0 Å². The van der Waals surface area contributed by atoms with Gasteiger partial charge in [0.05, 0.1) is 0 Å². The fraction of sp³-hybridized carbons (Fsp3) is 1.00. The van der Waals surface area contributed by atoms with Crippen molar-refractivity contribution in [2.24, 2.45) is 0 Å². The summed E-state index contributed by atoms with van der Waals surface area (Å²) >= 11 is 4.46. The molecule has 9 heavy (non-hydrogen) atoms. The Morgan fingerprint density at radius 3 is 1.33 bits per heavy atom. The molecule has 0 heterocycles. The van der Waals surface area contributed by atoms with E-state index in [0.29, 0.717) is 5.16 Å². The van der Waals surface area contributed by atoms with Gasteiger partial charge in [-0.1, -0.05) is 20.8 Å². The smallest absolute Gasteiger partial charge is 0.0248 e. The molecule has 0 spiro atoms. The van der Waals surface area contributed by atoms with Crippen LogP contribution in [0.4, 0.5) is 0 Å². The molecule has 0 saturated carbocycles. The van der Waals surface area contributed by atoms with Crippen molar-refractivity contribution < 1.29 is 0 Å². The molecule has 0 amide bonds. The van der Waals surface area contributed by atoms with E-state index in [4.69, 9.17) is 0 Å². The Morgan fingerprint density at radius 2 is 1.33 bits per heavy atom. The maximum Gasteiger partial charge on any atom is 0.0248 e. The Morgan fingerprint density at radius 1 is 1.00 bits per heavy atom. The molecule has 0 bridgehead atoms. The average Bonchev–Trinajstić information content (AvgIpc) is 1.14. The summed E-state index contributed by atoms with van der Waals surface area (Å²) in [6.07, 6.45) is 0. The van der Waals surface area contributed by atoms with Crippen LogP contribution in [-0.2, 0) is 0 Å². The summed E-state index contributed by atoms with van der Waals surface area (Å²) in [6, 6.07) is 0. The van der Waals surface area contributed by atoms with Gasteiger partial charge in [-0.25, -0.2) is 0 Å². The third kappa shape index (κ3) is 8.78. The molecule has 1 unspecified atom stereocenters. The molecule has 56 valence electrons. The first-order chi connectivity index (χ1) is 3.71. The first-order valence-electron chi connectivity index (χ1n) is 3.22. The number of rotatable bonds is 1. The molecule has 0 aliphatic carbocycles. The van der Waals surface area contributed by atoms with Crippen LogP contribution in [-0.4, -0.2) is 9.64 Å². The highest BCUT2D eigenvalue weighted by molar-refractivity contribution is 7.88. The summed E-state index contributed by atoms with van der Waals surface area (Å²) in [4.78, 5) is 0. The van der Waals surface area contributed by atoms with Gasteiger partial charge < -0.3 is 0 Å². The van der Waals surface area contributed by atoms with Crippen molar-refractivity contribution in [2.45, 2.75) is 44.3 Å². The standard InChI is InChI=1S/C7H17PS/c1-6(2,3)8-7(4,5)9/h8-9H,1-5H3. The zero-order valence-corrected chi connectivity index (χ0v) is 8.84. The monoisotopic (exact) mass is 164 g/mol. The molecule has 0 aromatic heterocycles. The lowest BCUT2D eigenvalue weighted by atomic mass is 10.3. The number of hydrogen-bond donors (Lipinski definition) is 1. The Hall–Kier alpha value is 0.780. The highest BCUT2D eigenvalue weighted by Crippen LogP contribution is 2.44. The van der Waals surface area contributed by atoms with Crippen LogP contribution in [0, 0.1) is 0 Å². The van der Waals surface area contributed by atoms with Crippen molar-refractivity contribution in [3.8, 4) is 0 Å². The van der Waals surface area contributed by atoms with E-state index in [9.17, 15) is 0 Å². The molecule has 0 aromatic carbocycles. The molecule has 0 rings (SSSR count). The fourth-order valence-electron chi connectivity index (χ4n) is 0.918.